The minimum atomic E-state index is -1.47. The molecule has 1 nitrogen and oxygen atoms in total. The number of rotatable bonds is 2. The normalized spacial score (nSPS) is 21.0. The fraction of sp³-hybridized carbons (Fsp3) is 1.00. The molecule has 0 aromatic carbocycles. The van der Waals surface area contributed by atoms with Gasteiger partial charge in [-0.05, 0) is 31.0 Å². The lowest BCUT2D eigenvalue weighted by Gasteiger charge is -2.38. The highest BCUT2D eigenvalue weighted by molar-refractivity contribution is 6.74. The van der Waals surface area contributed by atoms with Crippen LogP contribution in [-0.4, -0.2) is 14.4 Å². The molecule has 0 atom stereocenters. The standard InChI is InChI=1S/C11H24OSi/c1-11(2,3)13(4,5)12-10-8-6-7-9-10/h10H,6-9H2,1-5H3. The van der Waals surface area contributed by atoms with Gasteiger partial charge >= 0.3 is 0 Å². The Bertz CT molecular complexity index is 163. The molecule has 0 aliphatic heterocycles. The van der Waals surface area contributed by atoms with Gasteiger partial charge in [0.25, 0.3) is 0 Å². The molecule has 0 aromatic rings. The lowest BCUT2D eigenvalue weighted by atomic mass is 10.2. The van der Waals surface area contributed by atoms with Crippen molar-refractivity contribution >= 4 is 8.32 Å². The molecule has 0 amide bonds. The Morgan fingerprint density at radius 2 is 1.54 bits per heavy atom. The first-order chi connectivity index (χ1) is 5.83. The minimum absolute atomic E-state index is 0.371. The van der Waals surface area contributed by atoms with E-state index in [9.17, 15) is 0 Å². The highest BCUT2D eigenvalue weighted by Gasteiger charge is 2.39. The van der Waals surface area contributed by atoms with Crippen LogP contribution in [0.1, 0.15) is 46.5 Å². The molecule has 1 fully saturated rings. The van der Waals surface area contributed by atoms with Crippen LogP contribution in [0.4, 0.5) is 0 Å². The van der Waals surface area contributed by atoms with Crippen molar-refractivity contribution in [1.29, 1.82) is 0 Å². The maximum Gasteiger partial charge on any atom is 0.192 e. The van der Waals surface area contributed by atoms with Crippen LogP contribution in [0.2, 0.25) is 18.1 Å². The van der Waals surface area contributed by atoms with Crippen LogP contribution in [0, 0.1) is 0 Å². The van der Waals surface area contributed by atoms with Crippen LogP contribution in [0.3, 0.4) is 0 Å². The Kier molecular flexibility index (Phi) is 3.23. The predicted octanol–water partition coefficient (Wildman–Crippen LogP) is 3.95. The van der Waals surface area contributed by atoms with Gasteiger partial charge in [-0.2, -0.15) is 0 Å². The van der Waals surface area contributed by atoms with Crippen molar-refractivity contribution in [3.63, 3.8) is 0 Å². The fourth-order valence-corrected chi connectivity index (χ4v) is 3.02. The first kappa shape index (κ1) is 11.3. The van der Waals surface area contributed by atoms with Crippen molar-refractivity contribution in [2.24, 2.45) is 0 Å². The van der Waals surface area contributed by atoms with E-state index in [0.29, 0.717) is 11.1 Å². The van der Waals surface area contributed by atoms with E-state index in [0.717, 1.165) is 0 Å². The summed E-state index contributed by atoms with van der Waals surface area (Å²) >= 11 is 0. The van der Waals surface area contributed by atoms with E-state index >= 15 is 0 Å². The Labute approximate surface area is 84.0 Å². The van der Waals surface area contributed by atoms with Crippen molar-refractivity contribution < 1.29 is 4.43 Å². The van der Waals surface area contributed by atoms with Gasteiger partial charge in [0.1, 0.15) is 0 Å². The monoisotopic (exact) mass is 200 g/mol. The molecular weight excluding hydrogens is 176 g/mol. The molecule has 0 aromatic heterocycles. The molecule has 0 heterocycles. The molecule has 0 bridgehead atoms. The van der Waals surface area contributed by atoms with E-state index < -0.39 is 8.32 Å². The van der Waals surface area contributed by atoms with Gasteiger partial charge < -0.3 is 4.43 Å². The molecule has 0 spiro atoms. The van der Waals surface area contributed by atoms with E-state index in [1.54, 1.807) is 0 Å². The summed E-state index contributed by atoms with van der Waals surface area (Å²) in [5, 5.41) is 0.371. The Morgan fingerprint density at radius 3 is 1.92 bits per heavy atom. The van der Waals surface area contributed by atoms with Crippen LogP contribution in [0.5, 0.6) is 0 Å². The molecule has 13 heavy (non-hydrogen) atoms. The van der Waals surface area contributed by atoms with E-state index in [4.69, 9.17) is 4.43 Å². The van der Waals surface area contributed by atoms with E-state index in [2.05, 4.69) is 33.9 Å². The van der Waals surface area contributed by atoms with Crippen molar-refractivity contribution in [1.82, 2.24) is 0 Å². The van der Waals surface area contributed by atoms with Crippen molar-refractivity contribution in [2.75, 3.05) is 0 Å². The highest BCUT2D eigenvalue weighted by Crippen LogP contribution is 2.39. The zero-order valence-electron chi connectivity index (χ0n) is 9.81. The quantitative estimate of drug-likeness (QED) is 0.613. The second-order valence-electron chi connectivity index (χ2n) is 5.78. The van der Waals surface area contributed by atoms with Crippen molar-refractivity contribution in [3.05, 3.63) is 0 Å². The Balaban J connectivity index is 2.50. The lowest BCUT2D eigenvalue weighted by Crippen LogP contribution is -2.43. The number of hydrogen-bond acceptors (Lipinski definition) is 1. The SMILES string of the molecule is CC(C)(C)[Si](C)(C)OC1CCCC1. The van der Waals surface area contributed by atoms with Gasteiger partial charge in [0.15, 0.2) is 8.32 Å². The van der Waals surface area contributed by atoms with Crippen molar-refractivity contribution in [3.8, 4) is 0 Å². The van der Waals surface area contributed by atoms with Gasteiger partial charge in [-0.15, -0.1) is 0 Å². The fourth-order valence-electron chi connectivity index (χ4n) is 1.60. The third kappa shape index (κ3) is 2.81. The first-order valence-corrected chi connectivity index (χ1v) is 8.41. The van der Waals surface area contributed by atoms with Crippen LogP contribution in [-0.2, 0) is 4.43 Å². The van der Waals surface area contributed by atoms with Crippen molar-refractivity contribution in [2.45, 2.75) is 70.7 Å². The van der Waals surface area contributed by atoms with Crippen LogP contribution >= 0.6 is 0 Å². The second-order valence-corrected chi connectivity index (χ2v) is 10.5. The minimum Gasteiger partial charge on any atom is -0.414 e. The van der Waals surface area contributed by atoms with E-state index in [-0.39, 0.29) is 0 Å². The Morgan fingerprint density at radius 1 is 1.08 bits per heavy atom. The van der Waals surface area contributed by atoms with Gasteiger partial charge in [-0.1, -0.05) is 33.6 Å². The maximum absolute atomic E-state index is 6.30. The van der Waals surface area contributed by atoms with Gasteiger partial charge in [-0.25, -0.2) is 0 Å². The summed E-state index contributed by atoms with van der Waals surface area (Å²) in [4.78, 5) is 0. The van der Waals surface area contributed by atoms with Gasteiger partial charge in [0, 0.05) is 6.10 Å². The van der Waals surface area contributed by atoms with Gasteiger partial charge in [0.2, 0.25) is 0 Å². The summed E-state index contributed by atoms with van der Waals surface area (Å²) in [6.07, 6.45) is 5.93. The van der Waals surface area contributed by atoms with Gasteiger partial charge in [0.05, 0.1) is 0 Å². The summed E-state index contributed by atoms with van der Waals surface area (Å²) in [7, 11) is -1.47. The van der Waals surface area contributed by atoms with Gasteiger partial charge in [-0.3, -0.25) is 0 Å². The van der Waals surface area contributed by atoms with E-state index in [1.165, 1.54) is 25.7 Å². The van der Waals surface area contributed by atoms with E-state index in [1.807, 2.05) is 0 Å². The molecule has 1 saturated carbocycles. The van der Waals surface area contributed by atoms with Crippen LogP contribution in [0.15, 0.2) is 0 Å². The molecular formula is C11H24OSi. The summed E-state index contributed by atoms with van der Waals surface area (Å²) in [6, 6.07) is 0. The topological polar surface area (TPSA) is 9.23 Å². The average molecular weight is 200 g/mol. The predicted molar refractivity (Wildman–Crippen MR) is 60.5 cm³/mol. The molecule has 1 aliphatic carbocycles. The smallest absolute Gasteiger partial charge is 0.192 e. The molecule has 1 aliphatic rings. The molecule has 2 heteroatoms. The third-order valence-corrected chi connectivity index (χ3v) is 8.10. The second kappa shape index (κ2) is 3.74. The van der Waals surface area contributed by atoms with Crippen LogP contribution < -0.4 is 0 Å². The lowest BCUT2D eigenvalue weighted by molar-refractivity contribution is 0.188. The molecule has 0 N–H and O–H groups in total. The molecule has 0 radical (unpaired) electrons. The summed E-state index contributed by atoms with van der Waals surface area (Å²) in [6.45, 7) is 11.6. The maximum atomic E-state index is 6.30. The molecule has 78 valence electrons. The average Bonchev–Trinajstić information content (AvgIpc) is 2.35. The summed E-state index contributed by atoms with van der Waals surface area (Å²) in [5.41, 5.74) is 0. The largest absolute Gasteiger partial charge is 0.414 e. The molecule has 0 saturated heterocycles. The molecule has 0 unspecified atom stereocenters. The first-order valence-electron chi connectivity index (χ1n) is 5.51. The Hall–Kier alpha value is 0.177. The molecule has 1 rings (SSSR count). The zero-order chi connectivity index (χ0) is 10.1. The zero-order valence-corrected chi connectivity index (χ0v) is 10.8. The highest BCUT2D eigenvalue weighted by atomic mass is 28.4. The van der Waals surface area contributed by atoms with Crippen LogP contribution in [0.25, 0.3) is 0 Å². The summed E-state index contributed by atoms with van der Waals surface area (Å²) < 4.78 is 6.30. The third-order valence-electron chi connectivity index (χ3n) is 3.57. The number of hydrogen-bond donors (Lipinski definition) is 0. The summed E-state index contributed by atoms with van der Waals surface area (Å²) in [5.74, 6) is 0.